The maximum absolute atomic E-state index is 9.39. The summed E-state index contributed by atoms with van der Waals surface area (Å²) < 4.78 is 12.5. The zero-order chi connectivity index (χ0) is 28.8. The highest BCUT2D eigenvalue weighted by atomic mass is 16.5. The first-order valence-corrected chi connectivity index (χ1v) is 14.0. The molecule has 7 rings (SSSR count). The van der Waals surface area contributed by atoms with Gasteiger partial charge in [0.05, 0.1) is 17.4 Å². The van der Waals surface area contributed by atoms with Gasteiger partial charge in [0.25, 0.3) is 0 Å². The fraction of sp³-hybridized carbons (Fsp3) is 0.0789. The number of rotatable bonds is 2. The highest BCUT2D eigenvalue weighted by Crippen LogP contribution is 2.51. The lowest BCUT2D eigenvalue weighted by Crippen LogP contribution is -2.12. The summed E-state index contributed by atoms with van der Waals surface area (Å²) in [6.07, 6.45) is 7.65. The van der Waals surface area contributed by atoms with Crippen LogP contribution in [0, 0.1) is 11.3 Å². The van der Waals surface area contributed by atoms with E-state index in [1.165, 1.54) is 22.3 Å². The molecule has 42 heavy (non-hydrogen) atoms. The number of fused-ring (bicyclic) bond motifs is 6. The van der Waals surface area contributed by atoms with Crippen LogP contribution in [-0.2, 0) is 4.74 Å². The lowest BCUT2D eigenvalue weighted by molar-refractivity contribution is 0.313. The third-order valence-corrected chi connectivity index (χ3v) is 7.85. The average Bonchev–Trinajstić information content (AvgIpc) is 3.13. The van der Waals surface area contributed by atoms with Gasteiger partial charge in [0.15, 0.2) is 0 Å². The molecule has 0 saturated carbocycles. The Kier molecular flexibility index (Phi) is 6.14. The summed E-state index contributed by atoms with van der Waals surface area (Å²) in [6.45, 7) is 5.78. The molecule has 0 saturated heterocycles. The molecular formula is C38H28N2O2. The van der Waals surface area contributed by atoms with E-state index in [1.807, 2.05) is 38.2 Å². The fourth-order valence-electron chi connectivity index (χ4n) is 5.88. The van der Waals surface area contributed by atoms with E-state index in [2.05, 4.69) is 109 Å². The Morgan fingerprint density at radius 3 is 1.98 bits per heavy atom. The second-order valence-corrected chi connectivity index (χ2v) is 10.7. The third kappa shape index (κ3) is 4.33. The molecule has 0 bridgehead atoms. The number of ether oxygens (including phenoxy) is 2. The summed E-state index contributed by atoms with van der Waals surface area (Å²) in [6, 6.07) is 34.4. The molecule has 4 heteroatoms. The van der Waals surface area contributed by atoms with Crippen LogP contribution in [0.4, 0.5) is 17.1 Å². The number of allylic oxidation sites excluding steroid dienone is 8. The average molecular weight is 545 g/mol. The van der Waals surface area contributed by atoms with Gasteiger partial charge in [-0.2, -0.15) is 5.26 Å². The Labute approximate surface area is 246 Å². The van der Waals surface area contributed by atoms with Crippen molar-refractivity contribution in [3.8, 4) is 34.1 Å². The zero-order valence-electron chi connectivity index (χ0n) is 23.7. The molecule has 0 radical (unpaired) electrons. The largest absolute Gasteiger partial charge is 0.462 e. The van der Waals surface area contributed by atoms with Crippen molar-refractivity contribution in [3.05, 3.63) is 149 Å². The summed E-state index contributed by atoms with van der Waals surface area (Å²) in [5.74, 6) is 2.82. The predicted octanol–water partition coefficient (Wildman–Crippen LogP) is 10.1. The molecule has 0 unspecified atom stereocenters. The van der Waals surface area contributed by atoms with Crippen LogP contribution in [0.3, 0.4) is 0 Å². The zero-order valence-corrected chi connectivity index (χ0v) is 23.7. The molecule has 4 aromatic rings. The molecular weight excluding hydrogens is 516 g/mol. The van der Waals surface area contributed by atoms with Gasteiger partial charge in [0.2, 0.25) is 0 Å². The van der Waals surface area contributed by atoms with Crippen molar-refractivity contribution in [1.82, 2.24) is 0 Å². The van der Waals surface area contributed by atoms with E-state index in [9.17, 15) is 5.26 Å². The topological polar surface area (TPSA) is 45.5 Å². The van der Waals surface area contributed by atoms with Gasteiger partial charge in [-0.3, -0.25) is 0 Å². The maximum atomic E-state index is 9.39. The SMILES string of the molecule is CC1=C/C(=C(\C)C#N)C=C(/C=C2\C=C(C)c3ccc(N4c5ccccc5-c5ccccc5-c5ccccc54)cc3O2)O1. The van der Waals surface area contributed by atoms with E-state index in [4.69, 9.17) is 9.47 Å². The number of anilines is 3. The van der Waals surface area contributed by atoms with E-state index >= 15 is 0 Å². The summed E-state index contributed by atoms with van der Waals surface area (Å²) in [7, 11) is 0. The normalized spacial score (nSPS) is 17.0. The van der Waals surface area contributed by atoms with Crippen LogP contribution in [0.5, 0.6) is 5.75 Å². The van der Waals surface area contributed by atoms with Gasteiger partial charge < -0.3 is 14.4 Å². The van der Waals surface area contributed by atoms with Crippen molar-refractivity contribution < 1.29 is 9.47 Å². The van der Waals surface area contributed by atoms with Gasteiger partial charge in [0, 0.05) is 40.1 Å². The minimum atomic E-state index is 0.631. The quantitative estimate of drug-likeness (QED) is 0.207. The molecule has 3 aliphatic rings. The summed E-state index contributed by atoms with van der Waals surface area (Å²) >= 11 is 0. The van der Waals surface area contributed by atoms with Gasteiger partial charge in [0.1, 0.15) is 23.0 Å². The van der Waals surface area contributed by atoms with Crippen LogP contribution < -0.4 is 9.64 Å². The monoisotopic (exact) mass is 544 g/mol. The number of benzene rings is 4. The van der Waals surface area contributed by atoms with Crippen molar-refractivity contribution in [1.29, 1.82) is 5.26 Å². The van der Waals surface area contributed by atoms with Crippen LogP contribution in [0.15, 0.2) is 144 Å². The van der Waals surface area contributed by atoms with Crippen LogP contribution in [-0.4, -0.2) is 0 Å². The number of nitriles is 1. The Morgan fingerprint density at radius 1 is 0.714 bits per heavy atom. The molecule has 0 aromatic heterocycles. The van der Waals surface area contributed by atoms with E-state index < -0.39 is 0 Å². The van der Waals surface area contributed by atoms with Crippen LogP contribution in [0.1, 0.15) is 26.3 Å². The number of hydrogen-bond acceptors (Lipinski definition) is 4. The van der Waals surface area contributed by atoms with Gasteiger partial charge in [-0.05, 0) is 85.5 Å². The maximum Gasteiger partial charge on any atom is 0.137 e. The molecule has 0 aliphatic carbocycles. The first-order chi connectivity index (χ1) is 20.5. The van der Waals surface area contributed by atoms with E-state index in [0.29, 0.717) is 17.1 Å². The standard InChI is InChI=1S/C38H28N2O2/c1-24-18-29(22-30-20-27(25(2)23-39)19-26(3)41-30)42-38-21-28(16-17-31(24)38)40-36-14-8-6-12-34(36)32-10-4-5-11-33(32)35-13-7-9-15-37(35)40/h4-22H,1-3H3/b27-25-,29-22+. The highest BCUT2D eigenvalue weighted by Gasteiger charge is 2.27. The Hall–Kier alpha value is -5.53. The Balaban J connectivity index is 1.34. The minimum Gasteiger partial charge on any atom is -0.462 e. The van der Waals surface area contributed by atoms with Crippen molar-refractivity contribution in [3.63, 3.8) is 0 Å². The van der Waals surface area contributed by atoms with Crippen LogP contribution >= 0.6 is 0 Å². The molecule has 0 fully saturated rings. The van der Waals surface area contributed by atoms with E-state index in [0.717, 1.165) is 45.3 Å². The smallest absolute Gasteiger partial charge is 0.137 e. The summed E-state index contributed by atoms with van der Waals surface area (Å²) in [4.78, 5) is 2.33. The molecule has 0 N–H and O–H groups in total. The molecule has 4 nitrogen and oxygen atoms in total. The van der Waals surface area contributed by atoms with Gasteiger partial charge >= 0.3 is 0 Å². The Morgan fingerprint density at radius 2 is 1.33 bits per heavy atom. The van der Waals surface area contributed by atoms with Crippen molar-refractivity contribution in [2.24, 2.45) is 0 Å². The number of nitrogens with zero attached hydrogens (tertiary/aromatic N) is 2. The predicted molar refractivity (Wildman–Crippen MR) is 169 cm³/mol. The molecule has 4 aromatic carbocycles. The molecule has 0 atom stereocenters. The van der Waals surface area contributed by atoms with Gasteiger partial charge in [-0.15, -0.1) is 0 Å². The molecule has 0 amide bonds. The van der Waals surface area contributed by atoms with Crippen LogP contribution in [0.2, 0.25) is 0 Å². The second kappa shape index (κ2) is 10.1. The lowest BCUT2D eigenvalue weighted by atomic mass is 9.95. The van der Waals surface area contributed by atoms with Crippen molar-refractivity contribution in [2.75, 3.05) is 4.90 Å². The second-order valence-electron chi connectivity index (χ2n) is 10.7. The molecule has 3 heterocycles. The lowest BCUT2D eigenvalue weighted by Gasteiger charge is -2.29. The number of hydrogen-bond donors (Lipinski definition) is 0. The summed E-state index contributed by atoms with van der Waals surface area (Å²) in [5, 5.41) is 9.39. The molecule has 0 spiro atoms. The summed E-state index contributed by atoms with van der Waals surface area (Å²) in [5.41, 5.74) is 11.7. The fourth-order valence-corrected chi connectivity index (χ4v) is 5.88. The Bertz CT molecular complexity index is 1910. The van der Waals surface area contributed by atoms with Gasteiger partial charge in [-0.25, -0.2) is 0 Å². The van der Waals surface area contributed by atoms with E-state index in [-0.39, 0.29) is 0 Å². The third-order valence-electron chi connectivity index (χ3n) is 7.85. The molecule has 3 aliphatic heterocycles. The van der Waals surface area contributed by atoms with E-state index in [1.54, 1.807) is 0 Å². The first-order valence-electron chi connectivity index (χ1n) is 14.0. The van der Waals surface area contributed by atoms with Crippen molar-refractivity contribution >= 4 is 22.6 Å². The van der Waals surface area contributed by atoms with Crippen molar-refractivity contribution in [2.45, 2.75) is 20.8 Å². The van der Waals surface area contributed by atoms with Crippen LogP contribution in [0.25, 0.3) is 27.8 Å². The minimum absolute atomic E-state index is 0.631. The highest BCUT2D eigenvalue weighted by molar-refractivity contribution is 6.02. The number of para-hydroxylation sites is 2. The van der Waals surface area contributed by atoms with Gasteiger partial charge in [-0.1, -0.05) is 60.7 Å². The first kappa shape index (κ1) is 25.4. The molecule has 202 valence electrons.